The molecule has 0 radical (unpaired) electrons. The molecule has 0 saturated carbocycles. The third-order valence-electron chi connectivity index (χ3n) is 3.28. The Morgan fingerprint density at radius 3 is 2.17 bits per heavy atom. The second-order valence-corrected chi connectivity index (χ2v) is 4.76. The molecule has 0 bridgehead atoms. The van der Waals surface area contributed by atoms with Gasteiger partial charge in [0, 0.05) is 11.1 Å². The summed E-state index contributed by atoms with van der Waals surface area (Å²) in [5, 5.41) is 18.7. The number of rotatable bonds is 6. The van der Waals surface area contributed by atoms with E-state index in [-0.39, 0.29) is 34.3 Å². The molecule has 0 amide bonds. The van der Waals surface area contributed by atoms with E-state index in [0.29, 0.717) is 0 Å². The lowest BCUT2D eigenvalue weighted by atomic mass is 9.97. The van der Waals surface area contributed by atoms with Crippen LogP contribution in [0.5, 0.6) is 11.5 Å². The fourth-order valence-corrected chi connectivity index (χ4v) is 2.12. The summed E-state index contributed by atoms with van der Waals surface area (Å²) in [5.41, 5.74) is -0.0292. The quantitative estimate of drug-likeness (QED) is 0.547. The van der Waals surface area contributed by atoms with E-state index in [0.717, 1.165) is 0 Å². The summed E-state index contributed by atoms with van der Waals surface area (Å²) < 4.78 is 4.88. The lowest BCUT2D eigenvalue weighted by Gasteiger charge is -2.07. The summed E-state index contributed by atoms with van der Waals surface area (Å²) in [6, 6.07) is 9.75. The van der Waals surface area contributed by atoms with Gasteiger partial charge in [-0.2, -0.15) is 0 Å². The van der Waals surface area contributed by atoms with Crippen LogP contribution in [0.15, 0.2) is 42.5 Å². The molecule has 0 aliphatic carbocycles. The van der Waals surface area contributed by atoms with E-state index < -0.39 is 24.0 Å². The first-order valence-corrected chi connectivity index (χ1v) is 6.69. The Morgan fingerprint density at radius 1 is 1.00 bits per heavy atom. The highest BCUT2D eigenvalue weighted by molar-refractivity contribution is 6.16. The van der Waals surface area contributed by atoms with Gasteiger partial charge in [0.1, 0.15) is 0 Å². The molecule has 2 aromatic carbocycles. The molecular formula is C17H17NO6. The molecule has 5 N–H and O–H groups in total. The fourth-order valence-electron chi connectivity index (χ4n) is 2.12. The lowest BCUT2D eigenvalue weighted by Crippen LogP contribution is -2.13. The molecule has 0 aromatic heterocycles. The number of aromatic hydroxyl groups is 1. The maximum Gasteiger partial charge on any atom is 0.336 e. The molecular weight excluding hydrogens is 314 g/mol. The Kier molecular flexibility index (Phi) is 6.20. The van der Waals surface area contributed by atoms with Gasteiger partial charge in [0.05, 0.1) is 19.1 Å². The van der Waals surface area contributed by atoms with Crippen LogP contribution in [0.25, 0.3) is 0 Å². The van der Waals surface area contributed by atoms with Crippen molar-refractivity contribution in [1.29, 1.82) is 0 Å². The molecule has 0 heterocycles. The van der Waals surface area contributed by atoms with E-state index >= 15 is 0 Å². The summed E-state index contributed by atoms with van der Waals surface area (Å²) in [6.07, 6.45) is -0.490. The molecule has 0 atom stereocenters. The van der Waals surface area contributed by atoms with Crippen LogP contribution in [0.3, 0.4) is 0 Å². The van der Waals surface area contributed by atoms with Crippen LogP contribution >= 0.6 is 0 Å². The van der Waals surface area contributed by atoms with Crippen LogP contribution in [0.1, 0.15) is 37.5 Å². The largest absolute Gasteiger partial charge is 0.504 e. The minimum absolute atomic E-state index is 0. The maximum atomic E-state index is 12.2. The van der Waals surface area contributed by atoms with Crippen molar-refractivity contribution in [1.82, 2.24) is 6.15 Å². The number of carbonyl (C=O) groups is 3. The van der Waals surface area contributed by atoms with Gasteiger partial charge >= 0.3 is 5.97 Å². The fraction of sp³-hybridized carbons (Fsp3) is 0.118. The van der Waals surface area contributed by atoms with Crippen molar-refractivity contribution in [2.24, 2.45) is 0 Å². The number of carboxylic acids is 1. The predicted molar refractivity (Wildman–Crippen MR) is 86.4 cm³/mol. The number of ketones is 2. The van der Waals surface area contributed by atoms with Crippen LogP contribution in [0.2, 0.25) is 0 Å². The molecule has 0 saturated heterocycles. The van der Waals surface area contributed by atoms with Crippen molar-refractivity contribution < 1.29 is 29.3 Å². The highest BCUT2D eigenvalue weighted by atomic mass is 16.5. The van der Waals surface area contributed by atoms with Gasteiger partial charge in [-0.25, -0.2) is 4.79 Å². The van der Waals surface area contributed by atoms with E-state index in [1.807, 2.05) is 0 Å². The number of methoxy groups -OCH3 is 1. The Hall–Kier alpha value is -3.19. The summed E-state index contributed by atoms with van der Waals surface area (Å²) in [5.74, 6) is -2.35. The zero-order valence-electron chi connectivity index (χ0n) is 13.0. The second-order valence-electron chi connectivity index (χ2n) is 4.76. The first-order valence-electron chi connectivity index (χ1n) is 6.69. The molecule has 7 heteroatoms. The van der Waals surface area contributed by atoms with E-state index in [1.54, 1.807) is 0 Å². The average Bonchev–Trinajstić information content (AvgIpc) is 2.54. The highest BCUT2D eigenvalue weighted by Gasteiger charge is 2.19. The van der Waals surface area contributed by atoms with Gasteiger partial charge in [-0.1, -0.05) is 18.2 Å². The molecule has 7 nitrogen and oxygen atoms in total. The second kappa shape index (κ2) is 7.89. The van der Waals surface area contributed by atoms with E-state index in [4.69, 9.17) is 9.84 Å². The molecule has 0 aliphatic heterocycles. The number of phenols is 1. The van der Waals surface area contributed by atoms with E-state index in [2.05, 4.69) is 0 Å². The number of aromatic carboxylic acids is 1. The Bertz CT molecular complexity index is 784. The minimum atomic E-state index is -1.23. The molecule has 0 fully saturated rings. The van der Waals surface area contributed by atoms with Crippen molar-refractivity contribution in [2.45, 2.75) is 6.42 Å². The number of hydrogen-bond donors (Lipinski definition) is 3. The molecule has 126 valence electrons. The van der Waals surface area contributed by atoms with Gasteiger partial charge in [-0.15, -0.1) is 0 Å². The van der Waals surface area contributed by atoms with Crippen molar-refractivity contribution in [3.8, 4) is 11.5 Å². The van der Waals surface area contributed by atoms with E-state index in [1.165, 1.54) is 49.6 Å². The third-order valence-corrected chi connectivity index (χ3v) is 3.28. The minimum Gasteiger partial charge on any atom is -0.504 e. The lowest BCUT2D eigenvalue weighted by molar-refractivity contribution is 0.0690. The van der Waals surface area contributed by atoms with Crippen molar-refractivity contribution in [3.05, 3.63) is 59.2 Å². The van der Waals surface area contributed by atoms with Crippen molar-refractivity contribution in [3.63, 3.8) is 0 Å². The molecule has 2 aromatic rings. The zero-order valence-corrected chi connectivity index (χ0v) is 13.0. The standard InChI is InChI=1S/C17H14O6.H3N/c1-23-16-7-6-10(8-15(16)20)13(18)9-14(19)11-4-2-3-5-12(11)17(21)22;/h2-8,20H,9H2,1H3,(H,21,22);1H3. The van der Waals surface area contributed by atoms with Crippen LogP contribution in [0, 0.1) is 0 Å². The van der Waals surface area contributed by atoms with Gasteiger partial charge in [0.25, 0.3) is 0 Å². The Balaban J connectivity index is 0.00000288. The van der Waals surface area contributed by atoms with Crippen LogP contribution < -0.4 is 10.9 Å². The van der Waals surface area contributed by atoms with Crippen LogP contribution in [0.4, 0.5) is 0 Å². The molecule has 0 aliphatic rings. The highest BCUT2D eigenvalue weighted by Crippen LogP contribution is 2.27. The number of phenolic OH excluding ortho intramolecular Hbond substituents is 1. The topological polar surface area (TPSA) is 136 Å². The van der Waals surface area contributed by atoms with Crippen LogP contribution in [-0.2, 0) is 0 Å². The first kappa shape index (κ1) is 18.9. The monoisotopic (exact) mass is 331 g/mol. The number of hydrogen-bond acceptors (Lipinski definition) is 6. The van der Waals surface area contributed by atoms with Gasteiger partial charge in [-0.3, -0.25) is 9.59 Å². The number of benzene rings is 2. The first-order chi connectivity index (χ1) is 10.9. The number of carboxylic acid groups (broad SMARTS) is 1. The Morgan fingerprint density at radius 2 is 1.62 bits per heavy atom. The number of carbonyl (C=O) groups excluding carboxylic acids is 2. The molecule has 24 heavy (non-hydrogen) atoms. The molecule has 0 unspecified atom stereocenters. The van der Waals surface area contributed by atoms with Crippen molar-refractivity contribution >= 4 is 17.5 Å². The molecule has 0 spiro atoms. The normalized spacial score (nSPS) is 9.71. The van der Waals surface area contributed by atoms with Crippen molar-refractivity contribution in [2.75, 3.05) is 7.11 Å². The third kappa shape index (κ3) is 3.96. The number of ether oxygens (including phenoxy) is 1. The van der Waals surface area contributed by atoms with Gasteiger partial charge in [0.2, 0.25) is 0 Å². The van der Waals surface area contributed by atoms with E-state index in [9.17, 15) is 19.5 Å². The van der Waals surface area contributed by atoms with Gasteiger partial charge < -0.3 is 21.1 Å². The summed E-state index contributed by atoms with van der Waals surface area (Å²) in [6.45, 7) is 0. The SMILES string of the molecule is COc1ccc(C(=O)CC(=O)c2ccccc2C(=O)O)cc1O.N. The average molecular weight is 331 g/mol. The van der Waals surface area contributed by atoms with Crippen LogP contribution in [-0.4, -0.2) is 34.9 Å². The Labute approximate surface area is 138 Å². The zero-order chi connectivity index (χ0) is 17.0. The summed E-state index contributed by atoms with van der Waals surface area (Å²) in [7, 11) is 1.38. The van der Waals surface area contributed by atoms with Gasteiger partial charge in [0.15, 0.2) is 23.1 Å². The molecule has 2 rings (SSSR count). The van der Waals surface area contributed by atoms with Gasteiger partial charge in [-0.05, 0) is 24.3 Å². The predicted octanol–water partition coefficient (Wildman–Crippen LogP) is 2.72. The smallest absolute Gasteiger partial charge is 0.336 e. The summed E-state index contributed by atoms with van der Waals surface area (Å²) >= 11 is 0. The summed E-state index contributed by atoms with van der Waals surface area (Å²) in [4.78, 5) is 35.4. The number of Topliss-reactive ketones (excluding diaryl/α,β-unsaturated/α-hetero) is 2. The maximum absolute atomic E-state index is 12.2.